The Bertz CT molecular complexity index is 493. The summed E-state index contributed by atoms with van der Waals surface area (Å²) in [6, 6.07) is 9.81. The Labute approximate surface area is 117 Å². The molecule has 0 amide bonds. The second-order valence-corrected chi connectivity index (χ2v) is 5.06. The van der Waals surface area contributed by atoms with Gasteiger partial charge in [0.25, 0.3) is 0 Å². The maximum absolute atomic E-state index is 5.68. The van der Waals surface area contributed by atoms with Crippen molar-refractivity contribution in [2.45, 2.75) is 18.0 Å². The molecule has 0 aliphatic carbocycles. The molecule has 4 nitrogen and oxygen atoms in total. The van der Waals surface area contributed by atoms with Crippen molar-refractivity contribution in [2.24, 2.45) is 5.73 Å². The number of thioether (sulfide) groups is 1. The Morgan fingerprint density at radius 1 is 1.26 bits per heavy atom. The highest BCUT2D eigenvalue weighted by Crippen LogP contribution is 2.16. The molecule has 2 aromatic rings. The molecule has 0 atom stereocenters. The van der Waals surface area contributed by atoms with E-state index in [2.05, 4.69) is 9.97 Å². The van der Waals surface area contributed by atoms with Crippen molar-refractivity contribution >= 4 is 11.8 Å². The summed E-state index contributed by atoms with van der Waals surface area (Å²) in [4.78, 5) is 8.04. The zero-order valence-electron chi connectivity index (χ0n) is 10.7. The number of hydrogen-bond acceptors (Lipinski definition) is 5. The second-order valence-electron chi connectivity index (χ2n) is 3.95. The van der Waals surface area contributed by atoms with Crippen LogP contribution in [0.3, 0.4) is 0 Å². The van der Waals surface area contributed by atoms with Gasteiger partial charge in [0.2, 0.25) is 0 Å². The summed E-state index contributed by atoms with van der Waals surface area (Å²) in [6.45, 7) is 1.24. The van der Waals surface area contributed by atoms with Gasteiger partial charge in [0.05, 0.1) is 11.6 Å². The molecule has 2 rings (SSSR count). The molecule has 0 saturated heterocycles. The Balaban J connectivity index is 1.66. The highest BCUT2D eigenvalue weighted by atomic mass is 32.2. The smallest absolute Gasteiger partial charge is 0.119 e. The van der Waals surface area contributed by atoms with E-state index in [4.69, 9.17) is 10.5 Å². The summed E-state index contributed by atoms with van der Waals surface area (Å²) < 4.78 is 5.68. The van der Waals surface area contributed by atoms with Crippen molar-refractivity contribution in [3.05, 3.63) is 48.4 Å². The number of nitrogens with zero attached hydrogens (tertiary/aromatic N) is 2. The first kappa shape index (κ1) is 13.8. The summed E-state index contributed by atoms with van der Waals surface area (Å²) in [5.41, 5.74) is 6.68. The van der Waals surface area contributed by atoms with Crippen molar-refractivity contribution in [3.63, 3.8) is 0 Å². The van der Waals surface area contributed by atoms with Gasteiger partial charge < -0.3 is 10.5 Å². The molecule has 0 spiro atoms. The summed E-state index contributed by atoms with van der Waals surface area (Å²) in [5.74, 6) is 1.86. The third-order valence-corrected chi connectivity index (χ3v) is 3.53. The van der Waals surface area contributed by atoms with E-state index >= 15 is 0 Å². The summed E-state index contributed by atoms with van der Waals surface area (Å²) in [7, 11) is 0. The van der Waals surface area contributed by atoms with Gasteiger partial charge in [-0.3, -0.25) is 0 Å². The normalized spacial score (nSPS) is 10.4. The quantitative estimate of drug-likeness (QED) is 0.478. The van der Waals surface area contributed by atoms with Crippen LogP contribution >= 0.6 is 11.8 Å². The van der Waals surface area contributed by atoms with E-state index < -0.39 is 0 Å². The van der Waals surface area contributed by atoms with Gasteiger partial charge in [0.1, 0.15) is 12.1 Å². The third-order valence-electron chi connectivity index (χ3n) is 2.50. The maximum atomic E-state index is 5.68. The Hall–Kier alpha value is -1.59. The highest BCUT2D eigenvalue weighted by molar-refractivity contribution is 7.99. The van der Waals surface area contributed by atoms with Gasteiger partial charge in [-0.25, -0.2) is 9.97 Å². The van der Waals surface area contributed by atoms with Gasteiger partial charge in [0, 0.05) is 18.5 Å². The summed E-state index contributed by atoms with van der Waals surface area (Å²) in [5, 5.41) is 1.00. The number of nitrogens with two attached hydrogens (primary N) is 1. The van der Waals surface area contributed by atoms with Crippen molar-refractivity contribution in [2.75, 3.05) is 12.4 Å². The predicted molar refractivity (Wildman–Crippen MR) is 77.2 cm³/mol. The lowest BCUT2D eigenvalue weighted by Crippen LogP contribution is -2.01. The molecule has 0 aliphatic heterocycles. The lowest BCUT2D eigenvalue weighted by atomic mass is 10.2. The first-order valence-electron chi connectivity index (χ1n) is 6.19. The van der Waals surface area contributed by atoms with Gasteiger partial charge >= 0.3 is 0 Å². The zero-order chi connectivity index (χ0) is 13.3. The Kier molecular flexibility index (Phi) is 5.65. The van der Waals surface area contributed by atoms with Crippen molar-refractivity contribution < 1.29 is 4.74 Å². The van der Waals surface area contributed by atoms with Crippen molar-refractivity contribution in [1.82, 2.24) is 9.97 Å². The van der Waals surface area contributed by atoms with Crippen LogP contribution in [0.4, 0.5) is 0 Å². The van der Waals surface area contributed by atoms with Crippen molar-refractivity contribution in [1.29, 1.82) is 0 Å². The Morgan fingerprint density at radius 2 is 2.21 bits per heavy atom. The molecule has 19 heavy (non-hydrogen) atoms. The van der Waals surface area contributed by atoms with Crippen LogP contribution in [-0.2, 0) is 6.54 Å². The second kappa shape index (κ2) is 7.76. The summed E-state index contributed by atoms with van der Waals surface area (Å²) >= 11 is 1.71. The molecule has 2 N–H and O–H groups in total. The molecule has 1 heterocycles. The minimum atomic E-state index is 0.542. The maximum Gasteiger partial charge on any atom is 0.119 e. The van der Waals surface area contributed by atoms with Crippen LogP contribution in [-0.4, -0.2) is 22.3 Å². The van der Waals surface area contributed by atoms with E-state index in [1.54, 1.807) is 24.3 Å². The van der Waals surface area contributed by atoms with Crippen LogP contribution in [0.15, 0.2) is 47.9 Å². The van der Waals surface area contributed by atoms with Crippen LogP contribution < -0.4 is 10.5 Å². The zero-order valence-corrected chi connectivity index (χ0v) is 11.5. The molecule has 0 bridgehead atoms. The molecule has 0 saturated carbocycles. The molecule has 0 radical (unpaired) electrons. The standard InChI is InChI=1S/C14H17N3OS/c15-10-12-3-1-4-13(9-12)18-7-2-8-19-14-5-6-16-11-17-14/h1,3-6,9,11H,2,7-8,10,15H2. The van der Waals surface area contributed by atoms with Crippen LogP contribution in [0, 0.1) is 0 Å². The monoisotopic (exact) mass is 275 g/mol. The number of ether oxygens (including phenoxy) is 1. The van der Waals surface area contributed by atoms with Gasteiger partial charge in [-0.05, 0) is 30.2 Å². The van der Waals surface area contributed by atoms with Crippen LogP contribution in [0.2, 0.25) is 0 Å². The molecule has 5 heteroatoms. The van der Waals surface area contributed by atoms with Gasteiger partial charge in [-0.1, -0.05) is 12.1 Å². The van der Waals surface area contributed by atoms with Crippen LogP contribution in [0.25, 0.3) is 0 Å². The van der Waals surface area contributed by atoms with Gasteiger partial charge in [-0.2, -0.15) is 0 Å². The number of hydrogen-bond donors (Lipinski definition) is 1. The molecule has 0 unspecified atom stereocenters. The first-order valence-corrected chi connectivity index (χ1v) is 7.17. The lowest BCUT2D eigenvalue weighted by Gasteiger charge is -2.07. The molecular formula is C14H17N3OS. The number of benzene rings is 1. The molecule has 0 fully saturated rings. The SMILES string of the molecule is NCc1cccc(OCCCSc2ccncn2)c1. The van der Waals surface area contributed by atoms with Crippen LogP contribution in [0.1, 0.15) is 12.0 Å². The summed E-state index contributed by atoms with van der Waals surface area (Å²) in [6.07, 6.45) is 4.29. The minimum Gasteiger partial charge on any atom is -0.494 e. The molecule has 1 aromatic heterocycles. The van der Waals surface area contributed by atoms with Crippen molar-refractivity contribution in [3.8, 4) is 5.75 Å². The fourth-order valence-corrected chi connectivity index (χ4v) is 2.30. The average Bonchev–Trinajstić information content (AvgIpc) is 2.48. The minimum absolute atomic E-state index is 0.542. The van der Waals surface area contributed by atoms with E-state index in [0.29, 0.717) is 13.2 Å². The Morgan fingerprint density at radius 3 is 3.00 bits per heavy atom. The van der Waals surface area contributed by atoms with E-state index in [9.17, 15) is 0 Å². The highest BCUT2D eigenvalue weighted by Gasteiger charge is 1.97. The fraction of sp³-hybridized carbons (Fsp3) is 0.286. The molecule has 1 aromatic carbocycles. The van der Waals surface area contributed by atoms with E-state index in [1.165, 1.54) is 0 Å². The molecule has 0 aliphatic rings. The lowest BCUT2D eigenvalue weighted by molar-refractivity contribution is 0.318. The van der Waals surface area contributed by atoms with E-state index in [-0.39, 0.29) is 0 Å². The molecule has 100 valence electrons. The third kappa shape index (κ3) is 4.89. The molecular weight excluding hydrogens is 258 g/mol. The first-order chi connectivity index (χ1) is 9.38. The van der Waals surface area contributed by atoms with Crippen LogP contribution in [0.5, 0.6) is 5.75 Å². The largest absolute Gasteiger partial charge is 0.494 e. The van der Waals surface area contributed by atoms with Gasteiger partial charge in [0.15, 0.2) is 0 Å². The topological polar surface area (TPSA) is 61.0 Å². The predicted octanol–water partition coefficient (Wildman–Crippen LogP) is 2.50. The average molecular weight is 275 g/mol. The van der Waals surface area contributed by atoms with E-state index in [0.717, 1.165) is 28.5 Å². The van der Waals surface area contributed by atoms with E-state index in [1.807, 2.05) is 30.3 Å². The fourth-order valence-electron chi connectivity index (χ4n) is 1.55. The van der Waals surface area contributed by atoms with Gasteiger partial charge in [-0.15, -0.1) is 11.8 Å². The number of aromatic nitrogens is 2. The number of rotatable bonds is 7.